The summed E-state index contributed by atoms with van der Waals surface area (Å²) in [5.74, 6) is -5.38. The molecule has 3 rings (SSSR count). The number of halogens is 3. The number of ether oxygens (including phenoxy) is 2. The Morgan fingerprint density at radius 1 is 1.15 bits per heavy atom. The van der Waals surface area contributed by atoms with Gasteiger partial charge in [-0.1, -0.05) is 0 Å². The molecule has 9 heteroatoms. The summed E-state index contributed by atoms with van der Waals surface area (Å²) >= 11 is 0. The molecule has 0 aliphatic heterocycles. The monoisotopic (exact) mass is 367 g/mol. The molecule has 0 radical (unpaired) electrons. The van der Waals surface area contributed by atoms with Crippen molar-refractivity contribution >= 4 is 5.91 Å². The van der Waals surface area contributed by atoms with Gasteiger partial charge in [0.2, 0.25) is 5.95 Å². The minimum absolute atomic E-state index is 0.0490. The van der Waals surface area contributed by atoms with E-state index in [1.165, 1.54) is 13.3 Å². The predicted molar refractivity (Wildman–Crippen MR) is 85.3 cm³/mol. The molecule has 1 aliphatic rings. The highest BCUT2D eigenvalue weighted by Gasteiger charge is 2.30. The summed E-state index contributed by atoms with van der Waals surface area (Å²) < 4.78 is 53.4. The van der Waals surface area contributed by atoms with Crippen LogP contribution in [0.3, 0.4) is 0 Å². The van der Waals surface area contributed by atoms with E-state index in [0.29, 0.717) is 6.20 Å². The average molecular weight is 367 g/mol. The van der Waals surface area contributed by atoms with Gasteiger partial charge < -0.3 is 15.2 Å². The molecule has 0 aromatic carbocycles. The zero-order valence-corrected chi connectivity index (χ0v) is 13.9. The Bertz CT molecular complexity index is 855. The van der Waals surface area contributed by atoms with Crippen molar-refractivity contribution in [1.29, 1.82) is 0 Å². The molecular formula is C17H16F3N3O3. The highest BCUT2D eigenvalue weighted by atomic mass is 19.2. The quantitative estimate of drug-likeness (QED) is 0.821. The molecule has 2 N–H and O–H groups in total. The number of carbonyl (C=O) groups excluding carboxylic acids is 1. The second kappa shape index (κ2) is 7.19. The predicted octanol–water partition coefficient (Wildman–Crippen LogP) is 2.99. The minimum atomic E-state index is -1.57. The van der Waals surface area contributed by atoms with Crippen LogP contribution in [0.5, 0.6) is 11.5 Å². The van der Waals surface area contributed by atoms with Crippen molar-refractivity contribution in [2.45, 2.75) is 31.8 Å². The number of hydrogen-bond donors (Lipinski definition) is 1. The smallest absolute Gasteiger partial charge is 0.268 e. The van der Waals surface area contributed by atoms with E-state index >= 15 is 0 Å². The van der Waals surface area contributed by atoms with E-state index < -0.39 is 34.7 Å². The van der Waals surface area contributed by atoms with Crippen LogP contribution in [-0.4, -0.2) is 29.1 Å². The second-order valence-corrected chi connectivity index (χ2v) is 5.85. The van der Waals surface area contributed by atoms with Gasteiger partial charge in [-0.15, -0.1) is 0 Å². The Kier molecular flexibility index (Phi) is 4.97. The average Bonchev–Trinajstić information content (AvgIpc) is 3.12. The lowest BCUT2D eigenvalue weighted by atomic mass is 10.0. The van der Waals surface area contributed by atoms with Gasteiger partial charge in [0.25, 0.3) is 5.91 Å². The van der Waals surface area contributed by atoms with Crippen LogP contribution in [0.4, 0.5) is 13.2 Å². The number of nitrogens with two attached hydrogens (primary N) is 1. The van der Waals surface area contributed by atoms with E-state index in [-0.39, 0.29) is 23.2 Å². The first-order valence-electron chi connectivity index (χ1n) is 7.97. The summed E-state index contributed by atoms with van der Waals surface area (Å²) in [5.41, 5.74) is 3.63. The lowest BCUT2D eigenvalue weighted by Gasteiger charge is -2.21. The van der Waals surface area contributed by atoms with E-state index in [4.69, 9.17) is 15.2 Å². The third kappa shape index (κ3) is 3.16. The van der Waals surface area contributed by atoms with Crippen LogP contribution in [0.15, 0.2) is 12.4 Å². The van der Waals surface area contributed by atoms with Crippen molar-refractivity contribution in [3.63, 3.8) is 0 Å². The highest BCUT2D eigenvalue weighted by molar-refractivity contribution is 6.00. The molecule has 2 heterocycles. The molecule has 1 saturated carbocycles. The van der Waals surface area contributed by atoms with Crippen LogP contribution in [0.2, 0.25) is 0 Å². The summed E-state index contributed by atoms with van der Waals surface area (Å²) in [6.07, 6.45) is 4.77. The van der Waals surface area contributed by atoms with Crippen molar-refractivity contribution in [3.05, 3.63) is 35.7 Å². The Morgan fingerprint density at radius 3 is 2.46 bits per heavy atom. The lowest BCUT2D eigenvalue weighted by molar-refractivity contribution is 0.0995. The Morgan fingerprint density at radius 2 is 1.85 bits per heavy atom. The molecule has 138 valence electrons. The van der Waals surface area contributed by atoms with Crippen LogP contribution in [-0.2, 0) is 0 Å². The maximum Gasteiger partial charge on any atom is 0.268 e. The normalized spacial score (nSPS) is 14.5. The summed E-state index contributed by atoms with van der Waals surface area (Å²) in [4.78, 5) is 18.6. The maximum absolute atomic E-state index is 14.4. The Balaban J connectivity index is 2.30. The van der Waals surface area contributed by atoms with Crippen LogP contribution >= 0.6 is 0 Å². The standard InChI is InChI=1S/C17H16F3N3O3/c1-25-10-7-22-14(17(21)24)12(15(10)26-8-4-2-3-5-8)11-9(18)6-23-16(20)13(11)19/h6-8H,2-5H2,1H3,(H2,21,24). The topological polar surface area (TPSA) is 87.3 Å². The molecule has 0 spiro atoms. The van der Waals surface area contributed by atoms with Crippen LogP contribution in [0, 0.1) is 17.6 Å². The number of amides is 1. The van der Waals surface area contributed by atoms with Gasteiger partial charge in [-0.2, -0.15) is 4.39 Å². The molecule has 2 aromatic rings. The van der Waals surface area contributed by atoms with Crippen molar-refractivity contribution < 1.29 is 27.4 Å². The molecule has 1 fully saturated rings. The zero-order chi connectivity index (χ0) is 18.8. The zero-order valence-electron chi connectivity index (χ0n) is 13.9. The Labute approximate surface area is 147 Å². The maximum atomic E-state index is 14.4. The summed E-state index contributed by atoms with van der Waals surface area (Å²) in [5, 5.41) is 0. The van der Waals surface area contributed by atoms with Gasteiger partial charge in [0, 0.05) is 0 Å². The molecular weight excluding hydrogens is 351 g/mol. The number of carbonyl (C=O) groups is 1. The van der Waals surface area contributed by atoms with Gasteiger partial charge >= 0.3 is 0 Å². The summed E-state index contributed by atoms with van der Waals surface area (Å²) in [6, 6.07) is 0. The van der Waals surface area contributed by atoms with Crippen LogP contribution < -0.4 is 15.2 Å². The van der Waals surface area contributed by atoms with Gasteiger partial charge in [-0.05, 0) is 25.7 Å². The molecule has 0 atom stereocenters. The number of pyridine rings is 2. The number of hydrogen-bond acceptors (Lipinski definition) is 5. The minimum Gasteiger partial charge on any atom is -0.491 e. The number of methoxy groups -OCH3 is 1. The van der Waals surface area contributed by atoms with E-state index in [9.17, 15) is 18.0 Å². The largest absolute Gasteiger partial charge is 0.491 e. The molecule has 0 saturated heterocycles. The van der Waals surface area contributed by atoms with Crippen molar-refractivity contribution in [1.82, 2.24) is 9.97 Å². The third-order valence-electron chi connectivity index (χ3n) is 4.22. The lowest BCUT2D eigenvalue weighted by Crippen LogP contribution is -2.19. The van der Waals surface area contributed by atoms with Gasteiger partial charge in [-0.25, -0.2) is 18.7 Å². The van der Waals surface area contributed by atoms with Crippen molar-refractivity contribution in [2.24, 2.45) is 5.73 Å². The fraction of sp³-hybridized carbons (Fsp3) is 0.353. The first kappa shape index (κ1) is 18.0. The number of primary amides is 1. The first-order valence-corrected chi connectivity index (χ1v) is 7.97. The van der Waals surface area contributed by atoms with Gasteiger partial charge in [0.1, 0.15) is 5.69 Å². The molecule has 0 unspecified atom stereocenters. The molecule has 6 nitrogen and oxygen atoms in total. The fourth-order valence-electron chi connectivity index (χ4n) is 3.00. The summed E-state index contributed by atoms with van der Waals surface area (Å²) in [6.45, 7) is 0. The third-order valence-corrected chi connectivity index (χ3v) is 4.22. The summed E-state index contributed by atoms with van der Waals surface area (Å²) in [7, 11) is 1.31. The van der Waals surface area contributed by atoms with Crippen LogP contribution in [0.25, 0.3) is 11.1 Å². The van der Waals surface area contributed by atoms with Gasteiger partial charge in [-0.3, -0.25) is 4.79 Å². The van der Waals surface area contributed by atoms with Crippen molar-refractivity contribution in [3.8, 4) is 22.6 Å². The number of nitrogens with zero attached hydrogens (tertiary/aromatic N) is 2. The molecule has 1 amide bonds. The molecule has 0 bridgehead atoms. The molecule has 26 heavy (non-hydrogen) atoms. The number of aromatic nitrogens is 2. The van der Waals surface area contributed by atoms with Gasteiger partial charge in [0.15, 0.2) is 23.1 Å². The van der Waals surface area contributed by atoms with E-state index in [0.717, 1.165) is 25.7 Å². The van der Waals surface area contributed by atoms with E-state index in [1.54, 1.807) is 0 Å². The fourth-order valence-corrected chi connectivity index (χ4v) is 3.00. The number of rotatable bonds is 5. The second-order valence-electron chi connectivity index (χ2n) is 5.85. The van der Waals surface area contributed by atoms with Crippen LogP contribution in [0.1, 0.15) is 36.2 Å². The highest BCUT2D eigenvalue weighted by Crippen LogP contribution is 2.43. The molecule has 1 aliphatic carbocycles. The first-order chi connectivity index (χ1) is 12.4. The van der Waals surface area contributed by atoms with Gasteiger partial charge in [0.05, 0.1) is 36.7 Å². The Hall–Kier alpha value is -2.84. The SMILES string of the molecule is COc1cnc(C(N)=O)c(-c2c(F)cnc(F)c2F)c1OC1CCCC1. The van der Waals surface area contributed by atoms with E-state index in [2.05, 4.69) is 9.97 Å². The van der Waals surface area contributed by atoms with E-state index in [1.807, 2.05) is 0 Å². The molecule has 2 aromatic heterocycles. The van der Waals surface area contributed by atoms with Crippen molar-refractivity contribution in [2.75, 3.05) is 7.11 Å².